The van der Waals surface area contributed by atoms with E-state index in [9.17, 15) is 4.79 Å². The lowest BCUT2D eigenvalue weighted by Crippen LogP contribution is -1.85. The first kappa shape index (κ1) is 7.99. The second kappa shape index (κ2) is 3.02. The number of rotatable bonds is 1. The normalized spacial score (nSPS) is 10.2. The van der Waals surface area contributed by atoms with Crippen LogP contribution >= 0.6 is 0 Å². The van der Waals surface area contributed by atoms with Gasteiger partial charge in [0.15, 0.2) is 5.78 Å². The molecule has 0 fully saturated rings. The van der Waals surface area contributed by atoms with Crippen LogP contribution < -0.4 is 0 Å². The first-order valence-electron chi connectivity index (χ1n) is 4.27. The van der Waals surface area contributed by atoms with E-state index < -0.39 is 0 Å². The van der Waals surface area contributed by atoms with Crippen molar-refractivity contribution in [3.63, 3.8) is 0 Å². The number of fused-ring (bicyclic) bond motifs is 1. The molecule has 0 saturated heterocycles. The summed E-state index contributed by atoms with van der Waals surface area (Å²) < 4.78 is 0. The second-order valence-corrected chi connectivity index (χ2v) is 3.12. The predicted octanol–water partition coefficient (Wildman–Crippen LogP) is 2.99. The highest BCUT2D eigenvalue weighted by Crippen LogP contribution is 2.24. The molecule has 0 bridgehead atoms. The molecule has 64 valence electrons. The van der Waals surface area contributed by atoms with E-state index in [-0.39, 0.29) is 5.78 Å². The van der Waals surface area contributed by atoms with Crippen LogP contribution in [0.5, 0.6) is 0 Å². The van der Waals surface area contributed by atoms with Gasteiger partial charge in [0, 0.05) is 5.56 Å². The van der Waals surface area contributed by atoms with Gasteiger partial charge in [-0.2, -0.15) is 0 Å². The Hall–Kier alpha value is -1.63. The minimum absolute atomic E-state index is 0.124. The van der Waals surface area contributed by atoms with Crippen molar-refractivity contribution >= 4 is 5.78 Å². The third kappa shape index (κ3) is 1.45. The number of carbonyl (C=O) groups is 1. The highest BCUT2D eigenvalue weighted by atomic mass is 16.1. The number of hydrogen-bond acceptors (Lipinski definition) is 1. The van der Waals surface area contributed by atoms with Gasteiger partial charge in [-0.15, -0.1) is 0 Å². The van der Waals surface area contributed by atoms with E-state index in [2.05, 4.69) is 0 Å². The van der Waals surface area contributed by atoms with Crippen molar-refractivity contribution < 1.29 is 4.79 Å². The third-order valence-corrected chi connectivity index (χ3v) is 2.14. The maximum absolute atomic E-state index is 11.1. The molecule has 0 spiro atoms. The van der Waals surface area contributed by atoms with Crippen LogP contribution in [0.2, 0.25) is 0 Å². The zero-order valence-corrected chi connectivity index (χ0v) is 7.45. The Morgan fingerprint density at radius 3 is 2.00 bits per heavy atom. The zero-order chi connectivity index (χ0) is 9.26. The highest BCUT2D eigenvalue weighted by Gasteiger charge is 2.06. The molecule has 0 N–H and O–H groups in total. The summed E-state index contributed by atoms with van der Waals surface area (Å²) >= 11 is 0. The topological polar surface area (TPSA) is 17.1 Å². The molecule has 2 aliphatic carbocycles. The summed E-state index contributed by atoms with van der Waals surface area (Å²) in [4.78, 5) is 11.1. The van der Waals surface area contributed by atoms with Crippen molar-refractivity contribution in [3.8, 4) is 11.1 Å². The molecule has 1 heteroatoms. The van der Waals surface area contributed by atoms with Crippen molar-refractivity contribution in [2.24, 2.45) is 0 Å². The second-order valence-electron chi connectivity index (χ2n) is 3.12. The Kier molecular flexibility index (Phi) is 1.85. The number of Topliss-reactive ketones (excluding diaryl/α,β-unsaturated/α-hetero) is 1. The molecule has 0 atom stereocenters. The first-order valence-corrected chi connectivity index (χ1v) is 4.27. The Morgan fingerprint density at radius 1 is 1.00 bits per heavy atom. The quantitative estimate of drug-likeness (QED) is 0.601. The number of carbonyl (C=O) groups excluding carboxylic acids is 1. The molecule has 0 unspecified atom stereocenters. The fourth-order valence-corrected chi connectivity index (χ4v) is 1.42. The van der Waals surface area contributed by atoms with Gasteiger partial charge in [0.25, 0.3) is 0 Å². The summed E-state index contributed by atoms with van der Waals surface area (Å²) in [5.41, 5.74) is 3.03. The van der Waals surface area contributed by atoms with Gasteiger partial charge in [-0.1, -0.05) is 30.3 Å². The summed E-state index contributed by atoms with van der Waals surface area (Å²) in [5.74, 6) is 0.124. The maximum atomic E-state index is 11.1. The minimum Gasteiger partial charge on any atom is -0.295 e. The molecule has 2 aliphatic rings. The van der Waals surface area contributed by atoms with Crippen LogP contribution in [-0.2, 0) is 0 Å². The monoisotopic (exact) mass is 170 g/mol. The lowest BCUT2D eigenvalue weighted by Gasteiger charge is -1.85. The van der Waals surface area contributed by atoms with Crippen molar-refractivity contribution in [3.05, 3.63) is 48.0 Å². The minimum atomic E-state index is 0.124. The van der Waals surface area contributed by atoms with E-state index in [0.29, 0.717) is 0 Å². The van der Waals surface area contributed by atoms with Crippen LogP contribution in [0.15, 0.2) is 42.5 Å². The lowest BCUT2D eigenvalue weighted by molar-refractivity contribution is 0.101. The standard InChI is InChI=1S/C12H10O/c1-9(13)12-7-10-5-3-2-4-6-11(10)8-12/h2-8H,1H3. The van der Waals surface area contributed by atoms with E-state index in [0.717, 1.165) is 16.7 Å². The fourth-order valence-electron chi connectivity index (χ4n) is 1.42. The van der Waals surface area contributed by atoms with Crippen molar-refractivity contribution in [2.45, 2.75) is 6.92 Å². The zero-order valence-electron chi connectivity index (χ0n) is 7.45. The summed E-state index contributed by atoms with van der Waals surface area (Å²) in [5, 5.41) is 0. The third-order valence-electron chi connectivity index (χ3n) is 2.14. The van der Waals surface area contributed by atoms with Crippen LogP contribution in [-0.4, -0.2) is 5.78 Å². The summed E-state index contributed by atoms with van der Waals surface area (Å²) in [6.45, 7) is 1.59. The molecule has 1 nitrogen and oxygen atoms in total. The van der Waals surface area contributed by atoms with Crippen LogP contribution in [0.25, 0.3) is 11.1 Å². The molecular weight excluding hydrogens is 160 g/mol. The van der Waals surface area contributed by atoms with E-state index in [1.54, 1.807) is 6.92 Å². The summed E-state index contributed by atoms with van der Waals surface area (Å²) in [7, 11) is 0. The molecule has 0 aromatic carbocycles. The molecule has 0 radical (unpaired) electrons. The van der Waals surface area contributed by atoms with Crippen LogP contribution in [0, 0.1) is 0 Å². The van der Waals surface area contributed by atoms with Crippen LogP contribution in [0.1, 0.15) is 17.3 Å². The largest absolute Gasteiger partial charge is 0.295 e. The van der Waals surface area contributed by atoms with Gasteiger partial charge in [-0.25, -0.2) is 0 Å². The van der Waals surface area contributed by atoms with Gasteiger partial charge < -0.3 is 0 Å². The van der Waals surface area contributed by atoms with E-state index in [1.807, 2.05) is 42.5 Å². The van der Waals surface area contributed by atoms with Crippen molar-refractivity contribution in [2.75, 3.05) is 0 Å². The molecule has 2 rings (SSSR count). The van der Waals surface area contributed by atoms with Gasteiger partial charge in [-0.3, -0.25) is 4.79 Å². The molecule has 13 heavy (non-hydrogen) atoms. The Bertz CT molecular complexity index is 387. The van der Waals surface area contributed by atoms with Gasteiger partial charge in [0.05, 0.1) is 0 Å². The Labute approximate surface area is 77.4 Å². The molecule has 0 aliphatic heterocycles. The smallest absolute Gasteiger partial charge is 0.159 e. The fraction of sp³-hybridized carbons (Fsp3) is 0.0833. The number of ketones is 1. The lowest BCUT2D eigenvalue weighted by atomic mass is 10.2. The van der Waals surface area contributed by atoms with Crippen molar-refractivity contribution in [1.82, 2.24) is 0 Å². The molecular formula is C12H10O. The van der Waals surface area contributed by atoms with Crippen LogP contribution in [0.3, 0.4) is 0 Å². The summed E-state index contributed by atoms with van der Waals surface area (Å²) in [6.07, 6.45) is 0. The molecule has 0 aromatic rings. The van der Waals surface area contributed by atoms with E-state index >= 15 is 0 Å². The SMILES string of the molecule is CC(=O)c1cc2cccccc-2c1. The molecule has 0 saturated carbocycles. The van der Waals surface area contributed by atoms with Gasteiger partial charge in [0.2, 0.25) is 0 Å². The van der Waals surface area contributed by atoms with E-state index in [4.69, 9.17) is 0 Å². The average Bonchev–Trinajstić information content (AvgIpc) is 2.38. The van der Waals surface area contributed by atoms with E-state index in [1.165, 1.54) is 0 Å². The van der Waals surface area contributed by atoms with Gasteiger partial charge >= 0.3 is 0 Å². The molecule has 0 heterocycles. The van der Waals surface area contributed by atoms with Gasteiger partial charge in [0.1, 0.15) is 0 Å². The first-order chi connectivity index (χ1) is 6.27. The average molecular weight is 170 g/mol. The maximum Gasteiger partial charge on any atom is 0.159 e. The van der Waals surface area contributed by atoms with Crippen LogP contribution in [0.4, 0.5) is 0 Å². The van der Waals surface area contributed by atoms with Gasteiger partial charge in [-0.05, 0) is 30.2 Å². The Morgan fingerprint density at radius 2 is 1.54 bits per heavy atom. The Balaban J connectivity index is 2.64. The molecule has 0 amide bonds. The summed E-state index contributed by atoms with van der Waals surface area (Å²) in [6, 6.07) is 13.8. The highest BCUT2D eigenvalue weighted by molar-refractivity contribution is 5.97. The molecule has 0 aromatic heterocycles. The predicted molar refractivity (Wildman–Crippen MR) is 53.1 cm³/mol. The number of hydrogen-bond donors (Lipinski definition) is 0. The van der Waals surface area contributed by atoms with Crippen molar-refractivity contribution in [1.29, 1.82) is 0 Å².